The minimum absolute atomic E-state index is 0.507. The number of nitrogens with zero attached hydrogens (tertiary/aromatic N) is 2. The van der Waals surface area contributed by atoms with Crippen molar-refractivity contribution < 1.29 is 9.90 Å². The maximum atomic E-state index is 10.2. The fourth-order valence-corrected chi connectivity index (χ4v) is 1.22. The average molecular weight is 194 g/mol. The van der Waals surface area contributed by atoms with Crippen molar-refractivity contribution in [2.24, 2.45) is 0 Å². The summed E-state index contributed by atoms with van der Waals surface area (Å²) in [5, 5.41) is 12.7. The lowest BCUT2D eigenvalue weighted by Crippen LogP contribution is -2.01. The molecular formula is C10H14N2O2. The molecule has 1 aromatic heterocycles. The van der Waals surface area contributed by atoms with Crippen molar-refractivity contribution in [1.82, 2.24) is 9.78 Å². The van der Waals surface area contributed by atoms with Crippen LogP contribution in [0.5, 0.6) is 0 Å². The molecule has 4 nitrogen and oxygen atoms in total. The van der Waals surface area contributed by atoms with Crippen LogP contribution in [-0.2, 0) is 11.3 Å². The van der Waals surface area contributed by atoms with Gasteiger partial charge < -0.3 is 5.11 Å². The molecule has 1 heterocycles. The summed E-state index contributed by atoms with van der Waals surface area (Å²) >= 11 is 0. The predicted octanol–water partition coefficient (Wildman–Crippen LogP) is 1.45. The van der Waals surface area contributed by atoms with Gasteiger partial charge in [0.15, 0.2) is 0 Å². The zero-order valence-electron chi connectivity index (χ0n) is 8.61. The topological polar surface area (TPSA) is 55.1 Å². The monoisotopic (exact) mass is 194 g/mol. The number of aryl methyl sites for hydroxylation is 1. The molecule has 0 atom stereocenters. The second-order valence-corrected chi connectivity index (χ2v) is 3.22. The molecule has 0 spiro atoms. The number of hydrogen-bond acceptors (Lipinski definition) is 2. The van der Waals surface area contributed by atoms with Gasteiger partial charge in [0.25, 0.3) is 0 Å². The number of carboxylic acid groups (broad SMARTS) is 1. The Balaban J connectivity index is 2.78. The normalized spacial score (nSPS) is 11.1. The average Bonchev–Trinajstić information content (AvgIpc) is 2.33. The van der Waals surface area contributed by atoms with Crippen molar-refractivity contribution in [2.75, 3.05) is 0 Å². The van der Waals surface area contributed by atoms with E-state index in [2.05, 4.69) is 5.10 Å². The zero-order chi connectivity index (χ0) is 10.7. The van der Waals surface area contributed by atoms with Gasteiger partial charge in [-0.25, -0.2) is 4.79 Å². The fraction of sp³-hybridized carbons (Fsp3) is 0.400. The number of hydrogen-bond donors (Lipinski definition) is 1. The highest BCUT2D eigenvalue weighted by Gasteiger charge is 2.04. The lowest BCUT2D eigenvalue weighted by molar-refractivity contribution is -0.131. The molecule has 14 heavy (non-hydrogen) atoms. The second-order valence-electron chi connectivity index (χ2n) is 3.22. The fourth-order valence-electron chi connectivity index (χ4n) is 1.22. The van der Waals surface area contributed by atoms with E-state index in [1.807, 2.05) is 20.8 Å². The molecule has 0 unspecified atom stereocenters. The van der Waals surface area contributed by atoms with Crippen molar-refractivity contribution >= 4 is 5.97 Å². The van der Waals surface area contributed by atoms with Crippen LogP contribution in [-0.4, -0.2) is 20.9 Å². The van der Waals surface area contributed by atoms with Gasteiger partial charge in [-0.3, -0.25) is 4.68 Å². The van der Waals surface area contributed by atoms with Gasteiger partial charge in [-0.1, -0.05) is 6.08 Å². The molecule has 0 saturated carbocycles. The van der Waals surface area contributed by atoms with Crippen LogP contribution in [0.15, 0.2) is 12.2 Å². The van der Waals surface area contributed by atoms with Crippen LogP contribution in [0.1, 0.15) is 17.0 Å². The standard InChI is InChI=1S/C10H14N2O2/c1-7-8(2)11-12(9(7)3)6-4-5-10(13)14/h4-5H,6H2,1-3H3,(H,13,14)/b5-4+. The Bertz CT molecular complexity index is 378. The molecule has 0 aliphatic carbocycles. The van der Waals surface area contributed by atoms with Crippen LogP contribution < -0.4 is 0 Å². The predicted molar refractivity (Wildman–Crippen MR) is 53.2 cm³/mol. The van der Waals surface area contributed by atoms with Gasteiger partial charge in [-0.05, 0) is 26.3 Å². The summed E-state index contributed by atoms with van der Waals surface area (Å²) in [6, 6.07) is 0. The Labute approximate surface area is 82.9 Å². The Morgan fingerprint density at radius 3 is 2.57 bits per heavy atom. The first-order valence-corrected chi connectivity index (χ1v) is 4.42. The summed E-state index contributed by atoms with van der Waals surface area (Å²) in [5.74, 6) is -0.928. The summed E-state index contributed by atoms with van der Waals surface area (Å²) in [6.07, 6.45) is 2.72. The quantitative estimate of drug-likeness (QED) is 0.741. The number of carbonyl (C=O) groups is 1. The third kappa shape index (κ3) is 2.22. The van der Waals surface area contributed by atoms with E-state index >= 15 is 0 Å². The van der Waals surface area contributed by atoms with E-state index in [0.717, 1.165) is 23.0 Å². The molecule has 0 radical (unpaired) electrons. The van der Waals surface area contributed by atoms with E-state index in [4.69, 9.17) is 5.11 Å². The number of aliphatic carboxylic acids is 1. The van der Waals surface area contributed by atoms with Crippen LogP contribution >= 0.6 is 0 Å². The molecule has 0 bridgehead atoms. The number of allylic oxidation sites excluding steroid dienone is 1. The van der Waals surface area contributed by atoms with Crippen molar-refractivity contribution in [3.8, 4) is 0 Å². The highest BCUT2D eigenvalue weighted by molar-refractivity contribution is 5.79. The highest BCUT2D eigenvalue weighted by atomic mass is 16.4. The summed E-state index contributed by atoms with van der Waals surface area (Å²) in [6.45, 7) is 6.44. The van der Waals surface area contributed by atoms with Gasteiger partial charge >= 0.3 is 5.97 Å². The molecule has 0 aliphatic rings. The lowest BCUT2D eigenvalue weighted by atomic mass is 10.2. The molecule has 0 saturated heterocycles. The Morgan fingerprint density at radius 1 is 1.50 bits per heavy atom. The minimum atomic E-state index is -0.928. The lowest BCUT2D eigenvalue weighted by Gasteiger charge is -1.98. The molecule has 1 rings (SSSR count). The van der Waals surface area contributed by atoms with E-state index in [1.54, 1.807) is 10.8 Å². The van der Waals surface area contributed by atoms with Gasteiger partial charge in [-0.2, -0.15) is 5.10 Å². The van der Waals surface area contributed by atoms with Crippen molar-refractivity contribution in [3.63, 3.8) is 0 Å². The van der Waals surface area contributed by atoms with Crippen LogP contribution in [0, 0.1) is 20.8 Å². The Hall–Kier alpha value is -1.58. The first-order chi connectivity index (χ1) is 6.52. The van der Waals surface area contributed by atoms with Gasteiger partial charge in [0.1, 0.15) is 0 Å². The van der Waals surface area contributed by atoms with E-state index < -0.39 is 5.97 Å². The third-order valence-electron chi connectivity index (χ3n) is 2.28. The van der Waals surface area contributed by atoms with E-state index in [-0.39, 0.29) is 0 Å². The van der Waals surface area contributed by atoms with Gasteiger partial charge in [-0.15, -0.1) is 0 Å². The van der Waals surface area contributed by atoms with Gasteiger partial charge in [0.2, 0.25) is 0 Å². The molecule has 76 valence electrons. The molecule has 0 aliphatic heterocycles. The molecule has 0 fully saturated rings. The van der Waals surface area contributed by atoms with Gasteiger partial charge in [0, 0.05) is 11.8 Å². The molecular weight excluding hydrogens is 180 g/mol. The highest BCUT2D eigenvalue weighted by Crippen LogP contribution is 2.10. The largest absolute Gasteiger partial charge is 0.478 e. The SMILES string of the molecule is Cc1nn(C/C=C/C(=O)O)c(C)c1C. The zero-order valence-corrected chi connectivity index (χ0v) is 8.61. The van der Waals surface area contributed by atoms with E-state index in [9.17, 15) is 4.79 Å². The van der Waals surface area contributed by atoms with Crippen molar-refractivity contribution in [3.05, 3.63) is 29.1 Å². The van der Waals surface area contributed by atoms with Crippen molar-refractivity contribution in [2.45, 2.75) is 27.3 Å². The maximum absolute atomic E-state index is 10.2. The second kappa shape index (κ2) is 4.09. The summed E-state index contributed by atoms with van der Waals surface area (Å²) in [7, 11) is 0. The van der Waals surface area contributed by atoms with Crippen LogP contribution in [0.4, 0.5) is 0 Å². The van der Waals surface area contributed by atoms with Crippen molar-refractivity contribution in [1.29, 1.82) is 0 Å². The molecule has 1 N–H and O–H groups in total. The minimum Gasteiger partial charge on any atom is -0.478 e. The molecule has 1 aromatic rings. The van der Waals surface area contributed by atoms with Crippen LogP contribution in [0.3, 0.4) is 0 Å². The first-order valence-electron chi connectivity index (χ1n) is 4.42. The molecule has 0 aromatic carbocycles. The first kappa shape index (κ1) is 10.5. The summed E-state index contributed by atoms with van der Waals surface area (Å²) in [4.78, 5) is 10.2. The maximum Gasteiger partial charge on any atom is 0.328 e. The number of carboxylic acids is 1. The number of aromatic nitrogens is 2. The number of rotatable bonds is 3. The third-order valence-corrected chi connectivity index (χ3v) is 2.28. The van der Waals surface area contributed by atoms with E-state index in [1.165, 1.54) is 0 Å². The summed E-state index contributed by atoms with van der Waals surface area (Å²) < 4.78 is 1.80. The summed E-state index contributed by atoms with van der Waals surface area (Å²) in [5.41, 5.74) is 3.23. The van der Waals surface area contributed by atoms with Crippen LogP contribution in [0.2, 0.25) is 0 Å². The van der Waals surface area contributed by atoms with Gasteiger partial charge in [0.05, 0.1) is 12.2 Å². The molecule has 0 amide bonds. The Morgan fingerprint density at radius 2 is 2.14 bits per heavy atom. The Kier molecular flexibility index (Phi) is 3.06. The van der Waals surface area contributed by atoms with E-state index in [0.29, 0.717) is 6.54 Å². The smallest absolute Gasteiger partial charge is 0.328 e. The molecule has 4 heteroatoms. The van der Waals surface area contributed by atoms with Crippen LogP contribution in [0.25, 0.3) is 0 Å².